The lowest BCUT2D eigenvalue weighted by Crippen LogP contribution is -1.84. The molecule has 0 saturated heterocycles. The molecular weight excluding hydrogens is 208 g/mol. The van der Waals surface area contributed by atoms with Crippen molar-refractivity contribution >= 4 is 27.2 Å². The number of hydrogen-bond acceptors (Lipinski definition) is 4. The van der Waals surface area contributed by atoms with Crippen LogP contribution in [0.1, 0.15) is 0 Å². The Balaban J connectivity index is 2.33. The minimum absolute atomic E-state index is 0.748. The molecule has 0 amide bonds. The minimum Gasteiger partial charge on any atom is -0.463 e. The SMILES string of the molecule is Nc1c(-c2ccco2)sc2ncccc12. The first-order valence-electron chi connectivity index (χ1n) is 4.53. The summed E-state index contributed by atoms with van der Waals surface area (Å²) in [6, 6.07) is 7.62. The highest BCUT2D eigenvalue weighted by Crippen LogP contribution is 2.39. The van der Waals surface area contributed by atoms with E-state index in [0.717, 1.165) is 26.5 Å². The zero-order chi connectivity index (χ0) is 10.3. The molecular formula is C11H8N2OS. The van der Waals surface area contributed by atoms with E-state index in [1.807, 2.05) is 24.3 Å². The quantitative estimate of drug-likeness (QED) is 0.679. The van der Waals surface area contributed by atoms with Gasteiger partial charge in [-0.2, -0.15) is 0 Å². The number of pyridine rings is 1. The van der Waals surface area contributed by atoms with Crippen LogP contribution in [0.15, 0.2) is 41.1 Å². The molecule has 0 spiro atoms. The van der Waals surface area contributed by atoms with Crippen molar-refractivity contribution in [2.45, 2.75) is 0 Å². The standard InChI is InChI=1S/C11H8N2OS/c12-9-7-3-1-5-13-11(7)15-10(9)8-4-2-6-14-8/h1-6H,12H2. The van der Waals surface area contributed by atoms with Crippen LogP contribution in [0.25, 0.3) is 20.9 Å². The van der Waals surface area contributed by atoms with E-state index in [9.17, 15) is 0 Å². The molecule has 0 aliphatic heterocycles. The molecule has 3 nitrogen and oxygen atoms in total. The summed E-state index contributed by atoms with van der Waals surface area (Å²) < 4.78 is 5.33. The smallest absolute Gasteiger partial charge is 0.146 e. The van der Waals surface area contributed by atoms with Gasteiger partial charge in [-0.3, -0.25) is 0 Å². The lowest BCUT2D eigenvalue weighted by atomic mass is 10.2. The molecule has 3 rings (SSSR count). The third-order valence-electron chi connectivity index (χ3n) is 2.25. The van der Waals surface area contributed by atoms with Crippen LogP contribution in [0, 0.1) is 0 Å². The van der Waals surface area contributed by atoms with Crippen LogP contribution in [0.3, 0.4) is 0 Å². The molecule has 0 aliphatic carbocycles. The van der Waals surface area contributed by atoms with Crippen LogP contribution in [-0.2, 0) is 0 Å². The number of nitrogens with two attached hydrogens (primary N) is 1. The number of nitrogen functional groups attached to an aromatic ring is 1. The molecule has 3 aromatic heterocycles. The Labute approximate surface area is 90.2 Å². The topological polar surface area (TPSA) is 52.0 Å². The number of nitrogens with zero attached hydrogens (tertiary/aromatic N) is 1. The van der Waals surface area contributed by atoms with Gasteiger partial charge in [-0.1, -0.05) is 0 Å². The second-order valence-electron chi connectivity index (χ2n) is 3.18. The van der Waals surface area contributed by atoms with Crippen LogP contribution in [-0.4, -0.2) is 4.98 Å². The van der Waals surface area contributed by atoms with Gasteiger partial charge in [-0.15, -0.1) is 11.3 Å². The second-order valence-corrected chi connectivity index (χ2v) is 4.18. The van der Waals surface area contributed by atoms with Gasteiger partial charge < -0.3 is 10.2 Å². The van der Waals surface area contributed by atoms with Crippen molar-refractivity contribution in [2.24, 2.45) is 0 Å². The third-order valence-corrected chi connectivity index (χ3v) is 3.39. The fourth-order valence-electron chi connectivity index (χ4n) is 1.54. The van der Waals surface area contributed by atoms with Gasteiger partial charge in [0.25, 0.3) is 0 Å². The van der Waals surface area contributed by atoms with E-state index in [1.165, 1.54) is 0 Å². The van der Waals surface area contributed by atoms with Crippen molar-refractivity contribution in [3.8, 4) is 10.6 Å². The summed E-state index contributed by atoms with van der Waals surface area (Å²) in [6.07, 6.45) is 3.41. The number of aromatic nitrogens is 1. The fourth-order valence-corrected chi connectivity index (χ4v) is 2.57. The molecule has 3 heterocycles. The molecule has 0 atom stereocenters. The number of anilines is 1. The highest BCUT2D eigenvalue weighted by molar-refractivity contribution is 7.22. The van der Waals surface area contributed by atoms with Crippen LogP contribution in [0.4, 0.5) is 5.69 Å². The Morgan fingerprint density at radius 2 is 2.20 bits per heavy atom. The first kappa shape index (κ1) is 8.49. The Bertz CT molecular complexity index is 598. The second kappa shape index (κ2) is 3.10. The summed E-state index contributed by atoms with van der Waals surface area (Å²) in [5, 5.41) is 0.994. The van der Waals surface area contributed by atoms with Gasteiger partial charge in [0.2, 0.25) is 0 Å². The molecule has 2 N–H and O–H groups in total. The maximum absolute atomic E-state index is 6.04. The first-order valence-corrected chi connectivity index (χ1v) is 5.35. The lowest BCUT2D eigenvalue weighted by molar-refractivity contribution is 0.584. The van der Waals surface area contributed by atoms with Crippen molar-refractivity contribution in [2.75, 3.05) is 5.73 Å². The largest absolute Gasteiger partial charge is 0.463 e. The van der Waals surface area contributed by atoms with Gasteiger partial charge in [0, 0.05) is 11.6 Å². The molecule has 0 saturated carbocycles. The normalized spacial score (nSPS) is 10.9. The number of hydrogen-bond donors (Lipinski definition) is 1. The van der Waals surface area contributed by atoms with Crippen molar-refractivity contribution in [3.63, 3.8) is 0 Å². The Morgan fingerprint density at radius 3 is 2.93 bits per heavy atom. The molecule has 0 radical (unpaired) electrons. The maximum atomic E-state index is 6.04. The predicted octanol–water partition coefficient (Wildman–Crippen LogP) is 3.14. The molecule has 4 heteroatoms. The van der Waals surface area contributed by atoms with E-state index in [4.69, 9.17) is 10.2 Å². The minimum atomic E-state index is 0.748. The van der Waals surface area contributed by atoms with Gasteiger partial charge in [-0.05, 0) is 24.3 Å². The van der Waals surface area contributed by atoms with Crippen molar-refractivity contribution < 1.29 is 4.42 Å². The summed E-state index contributed by atoms with van der Waals surface area (Å²) >= 11 is 1.55. The van der Waals surface area contributed by atoms with Gasteiger partial charge in [0.05, 0.1) is 16.8 Å². The molecule has 15 heavy (non-hydrogen) atoms. The zero-order valence-corrected chi connectivity index (χ0v) is 8.62. The van der Waals surface area contributed by atoms with Gasteiger partial charge in [-0.25, -0.2) is 4.98 Å². The van der Waals surface area contributed by atoms with Crippen molar-refractivity contribution in [1.29, 1.82) is 0 Å². The van der Waals surface area contributed by atoms with Crippen molar-refractivity contribution in [1.82, 2.24) is 4.98 Å². The molecule has 0 aromatic carbocycles. The van der Waals surface area contributed by atoms with Gasteiger partial charge >= 0.3 is 0 Å². The number of fused-ring (bicyclic) bond motifs is 1. The van der Waals surface area contributed by atoms with E-state index < -0.39 is 0 Å². The van der Waals surface area contributed by atoms with Gasteiger partial charge in [0.15, 0.2) is 0 Å². The highest BCUT2D eigenvalue weighted by Gasteiger charge is 2.13. The highest BCUT2D eigenvalue weighted by atomic mass is 32.1. The number of thiophene rings is 1. The van der Waals surface area contributed by atoms with E-state index in [1.54, 1.807) is 23.8 Å². The maximum Gasteiger partial charge on any atom is 0.146 e. The van der Waals surface area contributed by atoms with Crippen LogP contribution < -0.4 is 5.73 Å². The fraction of sp³-hybridized carbons (Fsp3) is 0. The van der Waals surface area contributed by atoms with E-state index >= 15 is 0 Å². The summed E-state index contributed by atoms with van der Waals surface area (Å²) in [6.45, 7) is 0. The van der Waals surface area contributed by atoms with Crippen molar-refractivity contribution in [3.05, 3.63) is 36.7 Å². The number of rotatable bonds is 1. The number of furan rings is 1. The van der Waals surface area contributed by atoms with Crippen LogP contribution in [0.5, 0.6) is 0 Å². The Hall–Kier alpha value is -1.81. The molecule has 74 valence electrons. The van der Waals surface area contributed by atoms with E-state index in [-0.39, 0.29) is 0 Å². The van der Waals surface area contributed by atoms with E-state index in [0.29, 0.717) is 0 Å². The average Bonchev–Trinajstić information content (AvgIpc) is 2.87. The molecule has 0 fully saturated rings. The van der Waals surface area contributed by atoms with Gasteiger partial charge in [0.1, 0.15) is 10.6 Å². The van der Waals surface area contributed by atoms with Crippen LogP contribution in [0.2, 0.25) is 0 Å². The molecule has 0 aliphatic rings. The summed E-state index contributed by atoms with van der Waals surface area (Å²) in [4.78, 5) is 6.17. The molecule has 0 unspecified atom stereocenters. The Kier molecular flexibility index (Phi) is 1.76. The molecule has 0 bridgehead atoms. The monoisotopic (exact) mass is 216 g/mol. The average molecular weight is 216 g/mol. The summed E-state index contributed by atoms with van der Waals surface area (Å²) in [7, 11) is 0. The lowest BCUT2D eigenvalue weighted by Gasteiger charge is -1.93. The zero-order valence-electron chi connectivity index (χ0n) is 7.81. The van der Waals surface area contributed by atoms with Crippen LogP contribution >= 0.6 is 11.3 Å². The molecule has 3 aromatic rings. The summed E-state index contributed by atoms with van der Waals surface area (Å²) in [5.41, 5.74) is 6.79. The first-order chi connectivity index (χ1) is 7.36. The third kappa shape index (κ3) is 1.22. The predicted molar refractivity (Wildman–Crippen MR) is 61.7 cm³/mol. The summed E-state index contributed by atoms with van der Waals surface area (Å²) in [5.74, 6) is 0.801. The Morgan fingerprint density at radius 1 is 1.27 bits per heavy atom. The van der Waals surface area contributed by atoms with E-state index in [2.05, 4.69) is 4.98 Å².